The number of carbonyl (C=O) groups excluding carboxylic acids is 1. The summed E-state index contributed by atoms with van der Waals surface area (Å²) in [6, 6.07) is 13.4. The van der Waals surface area contributed by atoms with Gasteiger partial charge < -0.3 is 4.90 Å². The zero-order chi connectivity index (χ0) is 15.2. The predicted octanol–water partition coefficient (Wildman–Crippen LogP) is 2.66. The molecule has 2 aromatic rings. The van der Waals surface area contributed by atoms with Crippen LogP contribution in [0.2, 0.25) is 0 Å². The summed E-state index contributed by atoms with van der Waals surface area (Å²) < 4.78 is 13.4. The molecule has 0 unspecified atom stereocenters. The first-order chi connectivity index (χ1) is 10.1. The van der Waals surface area contributed by atoms with Crippen molar-refractivity contribution < 1.29 is 9.18 Å². The lowest BCUT2D eigenvalue weighted by Crippen LogP contribution is -2.18. The van der Waals surface area contributed by atoms with Gasteiger partial charge in [0.25, 0.3) is 5.91 Å². The van der Waals surface area contributed by atoms with Crippen LogP contribution in [0.25, 0.3) is 0 Å². The molecular weight excluding hydrogens is 269 g/mol. The highest BCUT2D eigenvalue weighted by Crippen LogP contribution is 2.11. The fourth-order valence-electron chi connectivity index (χ4n) is 1.73. The van der Waals surface area contributed by atoms with Crippen LogP contribution in [0.5, 0.6) is 0 Å². The first-order valence-corrected chi connectivity index (χ1v) is 6.43. The number of anilines is 1. The van der Waals surface area contributed by atoms with Gasteiger partial charge in [-0.15, -0.1) is 0 Å². The van der Waals surface area contributed by atoms with E-state index in [1.54, 1.807) is 6.07 Å². The molecule has 0 atom stereocenters. The number of hydrazone groups is 1. The first-order valence-electron chi connectivity index (χ1n) is 6.43. The van der Waals surface area contributed by atoms with E-state index in [4.69, 9.17) is 0 Å². The molecule has 0 fully saturated rings. The van der Waals surface area contributed by atoms with Gasteiger partial charge in [-0.3, -0.25) is 4.79 Å². The Balaban J connectivity index is 1.99. The van der Waals surface area contributed by atoms with E-state index in [0.29, 0.717) is 0 Å². The minimum Gasteiger partial charge on any atom is -0.378 e. The standard InChI is InChI=1S/C16H16FN3O/c1-20(2)13-9-7-12(8-10-13)11-18-19-16(21)14-5-3-4-6-15(14)17/h3-11H,1-2H3,(H,19,21)/b18-11-. The van der Waals surface area contributed by atoms with E-state index in [1.807, 2.05) is 43.3 Å². The van der Waals surface area contributed by atoms with E-state index in [2.05, 4.69) is 10.5 Å². The molecule has 21 heavy (non-hydrogen) atoms. The summed E-state index contributed by atoms with van der Waals surface area (Å²) in [6.45, 7) is 0. The number of nitrogens with one attached hydrogen (secondary N) is 1. The molecule has 108 valence electrons. The maximum atomic E-state index is 13.4. The minimum absolute atomic E-state index is 0.0300. The zero-order valence-corrected chi connectivity index (χ0v) is 11.9. The smallest absolute Gasteiger partial charge is 0.274 e. The Kier molecular flexibility index (Phi) is 4.66. The summed E-state index contributed by atoms with van der Waals surface area (Å²) in [7, 11) is 3.91. The number of carbonyl (C=O) groups is 1. The van der Waals surface area contributed by atoms with E-state index >= 15 is 0 Å². The topological polar surface area (TPSA) is 44.7 Å². The third-order valence-electron chi connectivity index (χ3n) is 2.91. The number of hydrogen-bond acceptors (Lipinski definition) is 3. The fourth-order valence-corrected chi connectivity index (χ4v) is 1.73. The van der Waals surface area contributed by atoms with E-state index in [0.717, 1.165) is 11.3 Å². The number of nitrogens with zero attached hydrogens (tertiary/aromatic N) is 2. The van der Waals surface area contributed by atoms with Crippen LogP contribution in [-0.2, 0) is 0 Å². The third-order valence-corrected chi connectivity index (χ3v) is 2.91. The Morgan fingerprint density at radius 1 is 1.14 bits per heavy atom. The van der Waals surface area contributed by atoms with Crippen LogP contribution in [-0.4, -0.2) is 26.2 Å². The maximum absolute atomic E-state index is 13.4. The molecule has 0 aliphatic heterocycles. The van der Waals surface area contributed by atoms with Crippen LogP contribution in [0.1, 0.15) is 15.9 Å². The van der Waals surface area contributed by atoms with E-state index in [1.165, 1.54) is 24.4 Å². The second-order valence-corrected chi connectivity index (χ2v) is 4.66. The normalized spacial score (nSPS) is 10.6. The van der Waals surface area contributed by atoms with Gasteiger partial charge in [-0.1, -0.05) is 24.3 Å². The van der Waals surface area contributed by atoms with Crippen molar-refractivity contribution in [2.45, 2.75) is 0 Å². The van der Waals surface area contributed by atoms with Crippen molar-refractivity contribution >= 4 is 17.8 Å². The van der Waals surface area contributed by atoms with E-state index < -0.39 is 11.7 Å². The third kappa shape index (κ3) is 3.89. The van der Waals surface area contributed by atoms with Crippen LogP contribution in [0.3, 0.4) is 0 Å². The average molecular weight is 285 g/mol. The molecular formula is C16H16FN3O. The summed E-state index contributed by atoms with van der Waals surface area (Å²) in [5.41, 5.74) is 4.19. The lowest BCUT2D eigenvalue weighted by Gasteiger charge is -2.11. The summed E-state index contributed by atoms with van der Waals surface area (Å²) in [6.07, 6.45) is 1.51. The van der Waals surface area contributed by atoms with Gasteiger partial charge in [0.05, 0.1) is 11.8 Å². The number of hydrogen-bond donors (Lipinski definition) is 1. The molecule has 0 spiro atoms. The van der Waals surface area contributed by atoms with Gasteiger partial charge in [0.15, 0.2) is 0 Å². The molecule has 1 amide bonds. The molecule has 4 nitrogen and oxygen atoms in total. The number of halogens is 1. The molecule has 0 bridgehead atoms. The predicted molar refractivity (Wildman–Crippen MR) is 82.2 cm³/mol. The Morgan fingerprint density at radius 3 is 2.43 bits per heavy atom. The molecule has 0 saturated carbocycles. The van der Waals surface area contributed by atoms with Crippen molar-refractivity contribution in [1.82, 2.24) is 5.43 Å². The van der Waals surface area contributed by atoms with Gasteiger partial charge in [0.2, 0.25) is 0 Å². The quantitative estimate of drug-likeness (QED) is 0.693. The van der Waals surface area contributed by atoms with Gasteiger partial charge in [0.1, 0.15) is 5.82 Å². The Bertz CT molecular complexity index is 651. The average Bonchev–Trinajstić information content (AvgIpc) is 2.48. The highest BCUT2D eigenvalue weighted by molar-refractivity contribution is 5.95. The van der Waals surface area contributed by atoms with Crippen LogP contribution in [0, 0.1) is 5.82 Å². The van der Waals surface area contributed by atoms with Crippen molar-refractivity contribution in [2.24, 2.45) is 5.10 Å². The van der Waals surface area contributed by atoms with Crippen molar-refractivity contribution in [3.63, 3.8) is 0 Å². The number of benzene rings is 2. The second kappa shape index (κ2) is 6.65. The second-order valence-electron chi connectivity index (χ2n) is 4.66. The highest BCUT2D eigenvalue weighted by Gasteiger charge is 2.08. The van der Waals surface area contributed by atoms with Crippen molar-refractivity contribution in [2.75, 3.05) is 19.0 Å². The molecule has 0 saturated heterocycles. The summed E-state index contributed by atoms with van der Waals surface area (Å²) in [5.74, 6) is -1.14. The largest absolute Gasteiger partial charge is 0.378 e. The van der Waals surface area contributed by atoms with Gasteiger partial charge in [0, 0.05) is 19.8 Å². The van der Waals surface area contributed by atoms with Crippen LogP contribution < -0.4 is 10.3 Å². The van der Waals surface area contributed by atoms with Gasteiger partial charge >= 0.3 is 0 Å². The van der Waals surface area contributed by atoms with Crippen LogP contribution in [0.4, 0.5) is 10.1 Å². The maximum Gasteiger partial charge on any atom is 0.274 e. The van der Waals surface area contributed by atoms with Crippen molar-refractivity contribution in [3.05, 3.63) is 65.5 Å². The molecule has 2 aromatic carbocycles. The molecule has 0 aromatic heterocycles. The van der Waals surface area contributed by atoms with Gasteiger partial charge in [-0.05, 0) is 29.8 Å². The monoisotopic (exact) mass is 285 g/mol. The number of rotatable bonds is 4. The van der Waals surface area contributed by atoms with E-state index in [-0.39, 0.29) is 5.56 Å². The molecule has 0 aliphatic rings. The SMILES string of the molecule is CN(C)c1ccc(/C=N\NC(=O)c2ccccc2F)cc1. The Morgan fingerprint density at radius 2 is 1.81 bits per heavy atom. The van der Waals surface area contributed by atoms with Crippen LogP contribution in [0.15, 0.2) is 53.6 Å². The van der Waals surface area contributed by atoms with Gasteiger partial charge in [-0.2, -0.15) is 5.10 Å². The summed E-state index contributed by atoms with van der Waals surface area (Å²) in [4.78, 5) is 13.7. The Labute approximate surface area is 122 Å². The first kappa shape index (κ1) is 14.7. The molecule has 5 heteroatoms. The minimum atomic E-state index is -0.575. The molecule has 1 N–H and O–H groups in total. The highest BCUT2D eigenvalue weighted by atomic mass is 19.1. The molecule has 0 radical (unpaired) electrons. The Hall–Kier alpha value is -2.69. The molecule has 0 aliphatic carbocycles. The van der Waals surface area contributed by atoms with Crippen LogP contribution >= 0.6 is 0 Å². The summed E-state index contributed by atoms with van der Waals surface area (Å²) >= 11 is 0. The lowest BCUT2D eigenvalue weighted by atomic mass is 10.2. The molecule has 0 heterocycles. The van der Waals surface area contributed by atoms with Gasteiger partial charge in [-0.25, -0.2) is 9.82 Å². The molecule has 2 rings (SSSR count). The summed E-state index contributed by atoms with van der Waals surface area (Å²) in [5, 5.41) is 3.83. The lowest BCUT2D eigenvalue weighted by molar-refractivity contribution is 0.0951. The zero-order valence-electron chi connectivity index (χ0n) is 11.9. The fraction of sp³-hybridized carbons (Fsp3) is 0.125. The van der Waals surface area contributed by atoms with E-state index in [9.17, 15) is 9.18 Å². The van der Waals surface area contributed by atoms with Crippen molar-refractivity contribution in [1.29, 1.82) is 0 Å². The van der Waals surface area contributed by atoms with Crippen molar-refractivity contribution in [3.8, 4) is 0 Å². The number of amides is 1.